The van der Waals surface area contributed by atoms with Gasteiger partial charge in [-0.15, -0.1) is 0 Å². The van der Waals surface area contributed by atoms with Crippen LogP contribution in [0.2, 0.25) is 0 Å². The van der Waals surface area contributed by atoms with E-state index in [2.05, 4.69) is 5.10 Å². The first kappa shape index (κ1) is 31.3. The number of ketones is 1. The molecule has 1 aromatic carbocycles. The number of carbonyl (C=O) groups excluding carboxylic acids is 1. The molecule has 0 radical (unpaired) electrons. The fourth-order valence-corrected chi connectivity index (χ4v) is 6.21. The molecule has 2 atom stereocenters. The number of ether oxygens (including phenoxy) is 2. The maximum absolute atomic E-state index is 14.5. The van der Waals surface area contributed by atoms with Crippen LogP contribution in [-0.2, 0) is 21.6 Å². The number of carbonyl (C=O) groups is 1. The Kier molecular flexibility index (Phi) is 9.19. The number of fused-ring (bicyclic) bond motifs is 1. The van der Waals surface area contributed by atoms with Gasteiger partial charge in [0, 0.05) is 29.9 Å². The summed E-state index contributed by atoms with van der Waals surface area (Å²) in [5.74, 6) is -0.438. The molecule has 3 heterocycles. The van der Waals surface area contributed by atoms with Gasteiger partial charge in [0.15, 0.2) is 5.78 Å². The molecule has 3 aromatic heterocycles. The molecule has 1 N–H and O–H groups in total. The zero-order chi connectivity index (χ0) is 30.9. The summed E-state index contributed by atoms with van der Waals surface area (Å²) in [6.45, 7) is 10.00. The monoisotopic (exact) mass is 600 g/mol. The third-order valence-corrected chi connectivity index (χ3v) is 8.46. The van der Waals surface area contributed by atoms with E-state index in [4.69, 9.17) is 9.47 Å². The van der Waals surface area contributed by atoms with E-state index in [0.717, 1.165) is 4.57 Å². The molecule has 0 spiro atoms. The number of aromatic nitrogens is 4. The van der Waals surface area contributed by atoms with E-state index < -0.39 is 34.8 Å². The molecule has 0 aliphatic rings. The van der Waals surface area contributed by atoms with E-state index in [1.54, 1.807) is 50.8 Å². The van der Waals surface area contributed by atoms with E-state index in [-0.39, 0.29) is 36.7 Å². The fraction of sp³-hybridized carbons (Fsp3) is 0.467. The van der Waals surface area contributed by atoms with Gasteiger partial charge in [-0.3, -0.25) is 14.2 Å². The minimum Gasteiger partial charge on any atom is -0.496 e. The number of nitrogens with zero attached hydrogens (tertiary/aromatic N) is 4. The normalized spacial score (nSPS) is 13.6. The van der Waals surface area contributed by atoms with E-state index in [1.165, 1.54) is 41.2 Å². The predicted octanol–water partition coefficient (Wildman–Crippen LogP) is 4.36. The van der Waals surface area contributed by atoms with E-state index in [1.807, 2.05) is 13.8 Å². The highest BCUT2D eigenvalue weighted by molar-refractivity contribution is 7.21. The number of Topliss-reactive ketones (excluding diaryl/α,β-unsaturated/α-hetero) is 1. The lowest BCUT2D eigenvalue weighted by molar-refractivity contribution is -0.127. The van der Waals surface area contributed by atoms with E-state index >= 15 is 0 Å². The summed E-state index contributed by atoms with van der Waals surface area (Å²) < 4.78 is 30.0. The van der Waals surface area contributed by atoms with Crippen LogP contribution in [0.3, 0.4) is 0 Å². The van der Waals surface area contributed by atoms with Crippen molar-refractivity contribution in [2.24, 2.45) is 5.92 Å². The Balaban J connectivity index is 2.03. The molecular formula is C30H37FN4O6S. The van der Waals surface area contributed by atoms with Crippen molar-refractivity contribution in [3.8, 4) is 10.8 Å². The maximum atomic E-state index is 14.5. The zero-order valence-electron chi connectivity index (χ0n) is 24.9. The van der Waals surface area contributed by atoms with Crippen molar-refractivity contribution in [3.05, 3.63) is 74.4 Å². The van der Waals surface area contributed by atoms with Gasteiger partial charge in [-0.1, -0.05) is 25.2 Å². The molecule has 42 heavy (non-hydrogen) atoms. The van der Waals surface area contributed by atoms with Crippen molar-refractivity contribution in [1.29, 1.82) is 0 Å². The number of rotatable bonds is 12. The van der Waals surface area contributed by atoms with Crippen LogP contribution in [0.25, 0.3) is 15.2 Å². The van der Waals surface area contributed by atoms with Gasteiger partial charge in [0.05, 0.1) is 31.8 Å². The van der Waals surface area contributed by atoms with Crippen LogP contribution in [0, 0.1) is 18.7 Å². The summed E-state index contributed by atoms with van der Waals surface area (Å²) in [5.41, 5.74) is -1.81. The molecule has 0 amide bonds. The van der Waals surface area contributed by atoms with Crippen LogP contribution in [0.1, 0.15) is 58.3 Å². The van der Waals surface area contributed by atoms with Crippen molar-refractivity contribution in [3.63, 3.8) is 0 Å². The Morgan fingerprint density at radius 1 is 1.21 bits per heavy atom. The molecule has 0 unspecified atom stereocenters. The second kappa shape index (κ2) is 12.3. The van der Waals surface area contributed by atoms with Crippen molar-refractivity contribution in [2.75, 3.05) is 13.7 Å². The van der Waals surface area contributed by atoms with Gasteiger partial charge in [-0.2, -0.15) is 5.10 Å². The number of hydrogen-bond acceptors (Lipinski definition) is 8. The molecule has 0 aliphatic carbocycles. The van der Waals surface area contributed by atoms with Gasteiger partial charge in [-0.05, 0) is 57.9 Å². The van der Waals surface area contributed by atoms with Crippen LogP contribution in [0.15, 0.2) is 46.2 Å². The van der Waals surface area contributed by atoms with Crippen molar-refractivity contribution < 1.29 is 23.8 Å². The minimum absolute atomic E-state index is 0.0198. The zero-order valence-corrected chi connectivity index (χ0v) is 25.7. The summed E-state index contributed by atoms with van der Waals surface area (Å²) >= 11 is 1.20. The van der Waals surface area contributed by atoms with Gasteiger partial charge in [0.2, 0.25) is 0 Å². The number of hydrogen-bond donors (Lipinski definition) is 1. The molecule has 0 aliphatic heterocycles. The average molecular weight is 601 g/mol. The van der Waals surface area contributed by atoms with Crippen LogP contribution in [0.5, 0.6) is 5.75 Å². The number of aliphatic hydroxyl groups is 1. The topological polar surface area (TPSA) is 118 Å². The van der Waals surface area contributed by atoms with E-state index in [0.29, 0.717) is 26.7 Å². The summed E-state index contributed by atoms with van der Waals surface area (Å²) in [4.78, 5) is 42.2. The Morgan fingerprint density at radius 2 is 1.93 bits per heavy atom. The van der Waals surface area contributed by atoms with Crippen LogP contribution in [-0.4, -0.2) is 49.6 Å². The molecule has 226 valence electrons. The third-order valence-electron chi connectivity index (χ3n) is 7.16. The minimum atomic E-state index is -1.46. The highest BCUT2D eigenvalue weighted by Crippen LogP contribution is 2.34. The molecule has 0 bridgehead atoms. The van der Waals surface area contributed by atoms with Gasteiger partial charge in [0.1, 0.15) is 33.0 Å². The standard InChI is InChI=1S/C30H37FN4O6S/c1-17(2)13-24(37)30(5,6)35-26(38)25-19(4)27(34-12-8-11-32-34)42-28(25)33(29(35)39)15-23(41-16-18(3)36)21-14-20(31)9-10-22(21)40-7/h8-12,14,17-18,23,36H,13,15-16H2,1-7H3/t18-,23+/m1/s1. The molecule has 4 rings (SSSR count). The van der Waals surface area contributed by atoms with Crippen LogP contribution in [0.4, 0.5) is 4.39 Å². The Hall–Kier alpha value is -3.61. The summed E-state index contributed by atoms with van der Waals surface area (Å²) in [5, 5.41) is 15.2. The molecule has 0 fully saturated rings. The summed E-state index contributed by atoms with van der Waals surface area (Å²) in [6, 6.07) is 5.72. The fourth-order valence-electron chi connectivity index (χ4n) is 4.96. The first-order valence-electron chi connectivity index (χ1n) is 13.7. The van der Waals surface area contributed by atoms with Gasteiger partial charge < -0.3 is 14.6 Å². The van der Waals surface area contributed by atoms with Crippen LogP contribution < -0.4 is 16.0 Å². The largest absolute Gasteiger partial charge is 0.496 e. The molecular weight excluding hydrogens is 563 g/mol. The van der Waals surface area contributed by atoms with Crippen LogP contribution >= 0.6 is 11.3 Å². The third kappa shape index (κ3) is 5.97. The lowest BCUT2D eigenvalue weighted by Gasteiger charge is -2.28. The Bertz CT molecular complexity index is 1700. The van der Waals surface area contributed by atoms with Crippen molar-refractivity contribution in [2.45, 2.75) is 72.3 Å². The summed E-state index contributed by atoms with van der Waals surface area (Å²) in [6.07, 6.45) is 1.72. The highest BCUT2D eigenvalue weighted by atomic mass is 32.1. The smallest absolute Gasteiger partial charge is 0.333 e. The quantitative estimate of drug-likeness (QED) is 0.257. The Labute approximate surface area is 246 Å². The molecule has 12 heteroatoms. The molecule has 10 nitrogen and oxygen atoms in total. The first-order chi connectivity index (χ1) is 19.8. The van der Waals surface area contributed by atoms with Gasteiger partial charge in [-0.25, -0.2) is 18.4 Å². The average Bonchev–Trinajstić information content (AvgIpc) is 3.56. The Morgan fingerprint density at radius 3 is 2.52 bits per heavy atom. The maximum Gasteiger partial charge on any atom is 0.333 e. The lowest BCUT2D eigenvalue weighted by atomic mass is 9.91. The van der Waals surface area contributed by atoms with Crippen molar-refractivity contribution in [1.82, 2.24) is 18.9 Å². The second-order valence-electron chi connectivity index (χ2n) is 11.3. The summed E-state index contributed by atoms with van der Waals surface area (Å²) in [7, 11) is 1.44. The molecule has 0 saturated carbocycles. The van der Waals surface area contributed by atoms with Gasteiger partial charge in [0.25, 0.3) is 5.56 Å². The SMILES string of the molecule is COc1ccc(F)cc1[C@H](Cn1c(=O)n(C(C)(C)C(=O)CC(C)C)c(=O)c2c(C)c(-n3cccn3)sc21)OC[C@@H](C)O. The number of benzene rings is 1. The number of aliphatic hydroxyl groups excluding tert-OH is 1. The predicted molar refractivity (Wildman–Crippen MR) is 159 cm³/mol. The van der Waals surface area contributed by atoms with Gasteiger partial charge >= 0.3 is 5.69 Å². The van der Waals surface area contributed by atoms with E-state index in [9.17, 15) is 23.9 Å². The molecule has 0 saturated heterocycles. The second-order valence-corrected chi connectivity index (χ2v) is 12.3. The number of aryl methyl sites for hydroxylation is 1. The molecule has 4 aromatic rings. The number of halogens is 1. The number of methoxy groups -OCH3 is 1. The lowest BCUT2D eigenvalue weighted by Crippen LogP contribution is -2.53. The van der Waals surface area contributed by atoms with Crippen molar-refractivity contribution >= 4 is 27.3 Å². The first-order valence-corrected chi connectivity index (χ1v) is 14.5. The number of thiophene rings is 1. The highest BCUT2D eigenvalue weighted by Gasteiger charge is 2.36.